The average molecular weight is 200 g/mol. The lowest BCUT2D eigenvalue weighted by molar-refractivity contribution is -0.160. The average Bonchev–Trinajstić information content (AvgIpc) is 2.01. The number of rotatable bonds is 3. The van der Waals surface area contributed by atoms with Gasteiger partial charge in [0.1, 0.15) is 5.41 Å². The minimum absolute atomic E-state index is 0.0940. The fourth-order valence-corrected chi connectivity index (χ4v) is 1.34. The zero-order chi connectivity index (χ0) is 11.6. The highest BCUT2D eigenvalue weighted by Crippen LogP contribution is 2.30. The maximum atomic E-state index is 11.9. The molecule has 0 aromatic heterocycles. The summed E-state index contributed by atoms with van der Waals surface area (Å²) in [6.45, 7) is 10.7. The van der Waals surface area contributed by atoms with Gasteiger partial charge in [0.05, 0.1) is 6.61 Å². The third-order valence-corrected chi connectivity index (χ3v) is 2.03. The number of ketones is 1. The number of hydrogen-bond donors (Lipinski definition) is 0. The van der Waals surface area contributed by atoms with Crippen LogP contribution < -0.4 is 0 Å². The Morgan fingerprint density at radius 2 is 1.50 bits per heavy atom. The van der Waals surface area contributed by atoms with Crippen molar-refractivity contribution in [2.24, 2.45) is 10.8 Å². The fraction of sp³-hybridized carbons (Fsp3) is 0.818. The zero-order valence-electron chi connectivity index (χ0n) is 9.93. The largest absolute Gasteiger partial charge is 0.465 e. The van der Waals surface area contributed by atoms with Crippen LogP contribution in [0.3, 0.4) is 0 Å². The Morgan fingerprint density at radius 3 is 1.79 bits per heavy atom. The van der Waals surface area contributed by atoms with E-state index in [1.165, 1.54) is 0 Å². The van der Waals surface area contributed by atoms with E-state index in [0.717, 1.165) is 0 Å². The Labute approximate surface area is 85.8 Å². The van der Waals surface area contributed by atoms with E-state index in [1.807, 2.05) is 0 Å². The molecule has 0 heterocycles. The van der Waals surface area contributed by atoms with E-state index in [1.54, 1.807) is 41.5 Å². The van der Waals surface area contributed by atoms with Gasteiger partial charge in [0, 0.05) is 5.41 Å². The minimum Gasteiger partial charge on any atom is -0.465 e. The van der Waals surface area contributed by atoms with Crippen molar-refractivity contribution in [3.63, 3.8) is 0 Å². The number of esters is 1. The molecule has 0 bridgehead atoms. The summed E-state index contributed by atoms with van der Waals surface area (Å²) < 4.78 is 4.86. The molecule has 14 heavy (non-hydrogen) atoms. The highest BCUT2D eigenvalue weighted by atomic mass is 16.5. The van der Waals surface area contributed by atoms with Crippen molar-refractivity contribution in [1.29, 1.82) is 0 Å². The Balaban J connectivity index is 4.79. The number of ether oxygens (including phenoxy) is 1. The Morgan fingerprint density at radius 1 is 1.07 bits per heavy atom. The molecule has 0 aliphatic heterocycles. The highest BCUT2D eigenvalue weighted by Gasteiger charge is 2.42. The molecule has 0 rings (SSSR count). The fourth-order valence-electron chi connectivity index (χ4n) is 1.34. The van der Waals surface area contributed by atoms with Crippen LogP contribution in [0.15, 0.2) is 0 Å². The third-order valence-electron chi connectivity index (χ3n) is 2.03. The molecule has 0 aromatic carbocycles. The first-order chi connectivity index (χ1) is 6.14. The van der Waals surface area contributed by atoms with Crippen LogP contribution in [0.2, 0.25) is 0 Å². The van der Waals surface area contributed by atoms with Crippen molar-refractivity contribution in [2.45, 2.75) is 41.5 Å². The monoisotopic (exact) mass is 200 g/mol. The van der Waals surface area contributed by atoms with Gasteiger partial charge in [-0.15, -0.1) is 0 Å². The van der Waals surface area contributed by atoms with Crippen molar-refractivity contribution < 1.29 is 14.3 Å². The van der Waals surface area contributed by atoms with Crippen LogP contribution in [-0.2, 0) is 14.3 Å². The quantitative estimate of drug-likeness (QED) is 0.518. The van der Waals surface area contributed by atoms with Gasteiger partial charge in [0.15, 0.2) is 5.78 Å². The molecule has 0 fully saturated rings. The second-order valence-electron chi connectivity index (χ2n) is 4.92. The molecule has 0 unspecified atom stereocenters. The molecule has 0 saturated carbocycles. The summed E-state index contributed by atoms with van der Waals surface area (Å²) >= 11 is 0. The van der Waals surface area contributed by atoms with Crippen molar-refractivity contribution in [1.82, 2.24) is 0 Å². The van der Waals surface area contributed by atoms with Gasteiger partial charge in [-0.3, -0.25) is 9.59 Å². The maximum Gasteiger partial charge on any atom is 0.319 e. The van der Waals surface area contributed by atoms with E-state index in [0.29, 0.717) is 6.61 Å². The minimum atomic E-state index is -1.05. The zero-order valence-corrected chi connectivity index (χ0v) is 9.93. The lowest BCUT2D eigenvalue weighted by atomic mass is 9.75. The lowest BCUT2D eigenvalue weighted by Gasteiger charge is -2.28. The molecule has 3 heteroatoms. The Kier molecular flexibility index (Phi) is 3.86. The van der Waals surface area contributed by atoms with E-state index >= 15 is 0 Å². The molecule has 0 aliphatic carbocycles. The lowest BCUT2D eigenvalue weighted by Crippen LogP contribution is -2.41. The van der Waals surface area contributed by atoms with Crippen molar-refractivity contribution in [3.05, 3.63) is 0 Å². The van der Waals surface area contributed by atoms with Gasteiger partial charge < -0.3 is 4.74 Å². The van der Waals surface area contributed by atoms with Crippen LogP contribution in [0.25, 0.3) is 0 Å². The SMILES string of the molecule is CCOC(=O)C(C)(C)C(=O)C(C)(C)C. The summed E-state index contributed by atoms with van der Waals surface area (Å²) in [6, 6.07) is 0. The molecule has 0 aromatic rings. The number of carbonyl (C=O) groups excluding carboxylic acids is 2. The van der Waals surface area contributed by atoms with Crippen LogP contribution in [-0.4, -0.2) is 18.4 Å². The van der Waals surface area contributed by atoms with Gasteiger partial charge in [0.2, 0.25) is 0 Å². The molecule has 0 aliphatic rings. The molecule has 0 spiro atoms. The van der Waals surface area contributed by atoms with E-state index in [2.05, 4.69) is 0 Å². The summed E-state index contributed by atoms with van der Waals surface area (Å²) in [4.78, 5) is 23.4. The van der Waals surface area contributed by atoms with Crippen molar-refractivity contribution >= 4 is 11.8 Å². The van der Waals surface area contributed by atoms with Crippen LogP contribution >= 0.6 is 0 Å². The Bertz CT molecular complexity index is 233. The van der Waals surface area contributed by atoms with Gasteiger partial charge >= 0.3 is 5.97 Å². The van der Waals surface area contributed by atoms with Gasteiger partial charge in [-0.25, -0.2) is 0 Å². The molecule has 0 amide bonds. The maximum absolute atomic E-state index is 11.9. The molecule has 0 saturated heterocycles. The van der Waals surface area contributed by atoms with Gasteiger partial charge in [0.25, 0.3) is 0 Å². The number of Topliss-reactive ketones (excluding diaryl/α,β-unsaturated/α-hetero) is 1. The van der Waals surface area contributed by atoms with Gasteiger partial charge in [-0.2, -0.15) is 0 Å². The van der Waals surface area contributed by atoms with Crippen LogP contribution in [0.1, 0.15) is 41.5 Å². The number of carbonyl (C=O) groups is 2. The summed E-state index contributed by atoms with van der Waals surface area (Å²) in [5, 5.41) is 0. The van der Waals surface area contributed by atoms with Crippen molar-refractivity contribution in [3.8, 4) is 0 Å². The first-order valence-corrected chi connectivity index (χ1v) is 4.86. The second-order valence-corrected chi connectivity index (χ2v) is 4.92. The van der Waals surface area contributed by atoms with E-state index < -0.39 is 16.8 Å². The molecular weight excluding hydrogens is 180 g/mol. The van der Waals surface area contributed by atoms with Crippen LogP contribution in [0, 0.1) is 10.8 Å². The van der Waals surface area contributed by atoms with E-state index in [-0.39, 0.29) is 5.78 Å². The predicted octanol–water partition coefficient (Wildman–Crippen LogP) is 2.19. The first kappa shape index (κ1) is 13.1. The number of hydrogen-bond acceptors (Lipinski definition) is 3. The Hall–Kier alpha value is -0.860. The topological polar surface area (TPSA) is 43.4 Å². The summed E-state index contributed by atoms with van der Waals surface area (Å²) in [7, 11) is 0. The molecule has 0 radical (unpaired) electrons. The highest BCUT2D eigenvalue weighted by molar-refractivity contribution is 6.05. The van der Waals surface area contributed by atoms with Crippen molar-refractivity contribution in [2.75, 3.05) is 6.61 Å². The van der Waals surface area contributed by atoms with Gasteiger partial charge in [-0.05, 0) is 20.8 Å². The van der Waals surface area contributed by atoms with Crippen LogP contribution in [0.5, 0.6) is 0 Å². The summed E-state index contributed by atoms with van der Waals surface area (Å²) in [5.74, 6) is -0.539. The molecule has 0 N–H and O–H groups in total. The smallest absolute Gasteiger partial charge is 0.319 e. The molecule has 0 atom stereocenters. The standard InChI is InChI=1S/C11H20O3/c1-7-14-9(13)11(5,6)8(12)10(2,3)4/h7H2,1-6H3. The molecule has 3 nitrogen and oxygen atoms in total. The first-order valence-electron chi connectivity index (χ1n) is 4.86. The third kappa shape index (κ3) is 2.82. The van der Waals surface area contributed by atoms with Crippen LogP contribution in [0.4, 0.5) is 0 Å². The summed E-state index contributed by atoms with van der Waals surface area (Å²) in [5.41, 5.74) is -1.56. The predicted molar refractivity (Wildman–Crippen MR) is 54.9 cm³/mol. The normalized spacial score (nSPS) is 12.4. The van der Waals surface area contributed by atoms with E-state index in [9.17, 15) is 9.59 Å². The van der Waals surface area contributed by atoms with Gasteiger partial charge in [-0.1, -0.05) is 20.8 Å². The second kappa shape index (κ2) is 4.11. The molecular formula is C11H20O3. The van der Waals surface area contributed by atoms with E-state index in [4.69, 9.17) is 4.74 Å². The molecule has 82 valence electrons. The summed E-state index contributed by atoms with van der Waals surface area (Å²) in [6.07, 6.45) is 0.